The van der Waals surface area contributed by atoms with Gasteiger partial charge in [0, 0.05) is 12.2 Å². The Bertz CT molecular complexity index is 560. The lowest BCUT2D eigenvalue weighted by atomic mass is 10.0. The van der Waals surface area contributed by atoms with Crippen LogP contribution in [0.4, 0.5) is 14.5 Å². The van der Waals surface area contributed by atoms with E-state index >= 15 is 0 Å². The Balaban J connectivity index is 2.08. The van der Waals surface area contributed by atoms with Crippen LogP contribution in [0.3, 0.4) is 0 Å². The number of ether oxygens (including phenoxy) is 1. The Hall–Kier alpha value is -2.44. The van der Waals surface area contributed by atoms with Crippen molar-refractivity contribution in [1.82, 2.24) is 5.32 Å². The van der Waals surface area contributed by atoms with E-state index in [1.807, 2.05) is 0 Å². The number of hydrogen-bond donors (Lipinski definition) is 1. The molecule has 0 spiro atoms. The first-order chi connectivity index (χ1) is 10.5. The zero-order valence-corrected chi connectivity index (χ0v) is 11.8. The molecule has 1 aliphatic rings. The van der Waals surface area contributed by atoms with E-state index in [1.165, 1.54) is 29.2 Å². The van der Waals surface area contributed by atoms with Crippen molar-refractivity contribution < 1.29 is 23.1 Å². The minimum Gasteiger partial charge on any atom is -0.435 e. The summed E-state index contributed by atoms with van der Waals surface area (Å²) in [7, 11) is 0. The molecule has 1 aromatic rings. The molecule has 0 radical (unpaired) electrons. The predicted octanol–water partition coefficient (Wildman–Crippen LogP) is 2.09. The average molecular weight is 310 g/mol. The molecule has 22 heavy (non-hydrogen) atoms. The topological polar surface area (TPSA) is 58.6 Å². The molecule has 0 aromatic heterocycles. The lowest BCUT2D eigenvalue weighted by molar-refractivity contribution is -0.126. The Kier molecular flexibility index (Phi) is 5.08. The van der Waals surface area contributed by atoms with Crippen molar-refractivity contribution >= 4 is 17.5 Å². The molecule has 0 bridgehead atoms. The fourth-order valence-electron chi connectivity index (χ4n) is 2.30. The molecule has 5 nitrogen and oxygen atoms in total. The van der Waals surface area contributed by atoms with Gasteiger partial charge in [0.1, 0.15) is 11.8 Å². The smallest absolute Gasteiger partial charge is 0.387 e. The number of rotatable bonds is 5. The molecule has 2 amide bonds. The summed E-state index contributed by atoms with van der Waals surface area (Å²) >= 11 is 0. The number of hydrogen-bond acceptors (Lipinski definition) is 3. The van der Waals surface area contributed by atoms with Gasteiger partial charge < -0.3 is 15.0 Å². The fourth-order valence-corrected chi connectivity index (χ4v) is 2.30. The van der Waals surface area contributed by atoms with Gasteiger partial charge in [-0.3, -0.25) is 9.59 Å². The number of benzene rings is 1. The summed E-state index contributed by atoms with van der Waals surface area (Å²) in [6.45, 7) is 0.970. The number of piperidine rings is 1. The number of halogens is 2. The maximum absolute atomic E-state index is 12.4. The summed E-state index contributed by atoms with van der Waals surface area (Å²) in [5.41, 5.74) is 0.573. The molecule has 0 saturated carbocycles. The molecule has 1 atom stereocenters. The van der Waals surface area contributed by atoms with Crippen molar-refractivity contribution in [3.63, 3.8) is 0 Å². The molecule has 1 saturated heterocycles. The van der Waals surface area contributed by atoms with Crippen LogP contribution in [-0.2, 0) is 9.59 Å². The first-order valence-corrected chi connectivity index (χ1v) is 6.80. The number of anilines is 1. The molecular formula is C15H16F2N2O3. The molecule has 1 aromatic carbocycles. The highest BCUT2D eigenvalue weighted by Gasteiger charge is 2.30. The fraction of sp³-hybridized carbons (Fsp3) is 0.333. The van der Waals surface area contributed by atoms with Crippen molar-refractivity contribution in [3.8, 4) is 5.75 Å². The Labute approximate surface area is 126 Å². The maximum Gasteiger partial charge on any atom is 0.387 e. The van der Waals surface area contributed by atoms with Crippen molar-refractivity contribution in [1.29, 1.82) is 0 Å². The highest BCUT2D eigenvalue weighted by Crippen LogP contribution is 2.24. The van der Waals surface area contributed by atoms with E-state index in [1.54, 1.807) is 0 Å². The van der Waals surface area contributed by atoms with Gasteiger partial charge in [0.2, 0.25) is 11.8 Å². The van der Waals surface area contributed by atoms with Gasteiger partial charge in [0.15, 0.2) is 0 Å². The van der Waals surface area contributed by atoms with Gasteiger partial charge in [-0.15, -0.1) is 0 Å². The maximum atomic E-state index is 12.4. The van der Waals surface area contributed by atoms with Crippen molar-refractivity contribution in [2.24, 2.45) is 0 Å². The first kappa shape index (κ1) is 15.9. The zero-order chi connectivity index (χ0) is 16.1. The van der Waals surface area contributed by atoms with E-state index in [9.17, 15) is 18.4 Å². The van der Waals surface area contributed by atoms with Crippen LogP contribution in [0.2, 0.25) is 0 Å². The van der Waals surface area contributed by atoms with Crippen LogP contribution >= 0.6 is 0 Å². The van der Waals surface area contributed by atoms with Crippen LogP contribution in [0, 0.1) is 0 Å². The van der Waals surface area contributed by atoms with Crippen molar-refractivity contribution in [2.45, 2.75) is 25.5 Å². The van der Waals surface area contributed by atoms with Crippen LogP contribution in [0.5, 0.6) is 5.75 Å². The largest absolute Gasteiger partial charge is 0.435 e. The number of carbonyl (C=O) groups is 2. The van der Waals surface area contributed by atoms with Crippen LogP contribution in [0.25, 0.3) is 0 Å². The lowest BCUT2D eigenvalue weighted by Gasteiger charge is -2.32. The molecule has 1 heterocycles. The van der Waals surface area contributed by atoms with E-state index in [0.717, 1.165) is 12.5 Å². The molecule has 1 aliphatic heterocycles. The summed E-state index contributed by atoms with van der Waals surface area (Å²) < 4.78 is 28.5. The van der Waals surface area contributed by atoms with Gasteiger partial charge in [-0.05, 0) is 43.2 Å². The molecule has 1 fully saturated rings. The van der Waals surface area contributed by atoms with Gasteiger partial charge in [-0.25, -0.2) is 0 Å². The SMILES string of the molecule is C=CC(=O)NC1CCCN(c2ccc(OC(F)F)cc2)C1=O. The molecule has 2 rings (SSSR count). The molecule has 1 unspecified atom stereocenters. The van der Waals surface area contributed by atoms with E-state index in [-0.39, 0.29) is 11.7 Å². The average Bonchev–Trinajstić information content (AvgIpc) is 2.49. The molecule has 118 valence electrons. The second-order valence-electron chi connectivity index (χ2n) is 4.77. The number of nitrogens with one attached hydrogen (secondary N) is 1. The molecule has 1 N–H and O–H groups in total. The highest BCUT2D eigenvalue weighted by molar-refractivity contribution is 6.01. The van der Waals surface area contributed by atoms with Gasteiger partial charge >= 0.3 is 6.61 Å². The molecule has 7 heteroatoms. The molecular weight excluding hydrogens is 294 g/mol. The number of nitrogens with zero attached hydrogens (tertiary/aromatic N) is 1. The minimum absolute atomic E-state index is 0.0275. The van der Waals surface area contributed by atoms with Gasteiger partial charge in [-0.1, -0.05) is 6.58 Å². The number of carbonyl (C=O) groups excluding carboxylic acids is 2. The Morgan fingerprint density at radius 2 is 2.09 bits per heavy atom. The number of alkyl halides is 2. The molecule has 0 aliphatic carbocycles. The first-order valence-electron chi connectivity index (χ1n) is 6.80. The predicted molar refractivity (Wildman–Crippen MR) is 76.8 cm³/mol. The summed E-state index contributed by atoms with van der Waals surface area (Å²) in [4.78, 5) is 25.2. The summed E-state index contributed by atoms with van der Waals surface area (Å²) in [5, 5.41) is 2.58. The minimum atomic E-state index is -2.89. The summed E-state index contributed by atoms with van der Waals surface area (Å²) in [6, 6.07) is 5.22. The van der Waals surface area contributed by atoms with Gasteiger partial charge in [0.25, 0.3) is 0 Å². The van der Waals surface area contributed by atoms with E-state index in [0.29, 0.717) is 18.7 Å². The monoisotopic (exact) mass is 310 g/mol. The van der Waals surface area contributed by atoms with Crippen molar-refractivity contribution in [3.05, 3.63) is 36.9 Å². The van der Waals surface area contributed by atoms with Crippen LogP contribution < -0.4 is 15.0 Å². The van der Waals surface area contributed by atoms with Crippen LogP contribution in [0.1, 0.15) is 12.8 Å². The van der Waals surface area contributed by atoms with E-state index in [2.05, 4.69) is 16.6 Å². The van der Waals surface area contributed by atoms with E-state index < -0.39 is 18.6 Å². The quantitative estimate of drug-likeness (QED) is 0.847. The normalized spacial score (nSPS) is 18.2. The second-order valence-corrected chi connectivity index (χ2v) is 4.77. The highest BCUT2D eigenvalue weighted by atomic mass is 19.3. The van der Waals surface area contributed by atoms with Gasteiger partial charge in [0.05, 0.1) is 0 Å². The second kappa shape index (κ2) is 7.02. The van der Waals surface area contributed by atoms with Crippen LogP contribution in [-0.4, -0.2) is 31.0 Å². The third-order valence-electron chi connectivity index (χ3n) is 3.31. The zero-order valence-electron chi connectivity index (χ0n) is 11.8. The third kappa shape index (κ3) is 3.81. The number of amides is 2. The summed E-state index contributed by atoms with van der Waals surface area (Å²) in [6.07, 6.45) is 2.40. The van der Waals surface area contributed by atoms with Gasteiger partial charge in [-0.2, -0.15) is 8.78 Å². The standard InChI is InChI=1S/C15H16F2N2O3/c1-2-13(20)18-12-4-3-9-19(14(12)21)10-5-7-11(8-6-10)22-15(16)17/h2,5-8,12,15H,1,3-4,9H2,(H,18,20). The van der Waals surface area contributed by atoms with Crippen molar-refractivity contribution in [2.75, 3.05) is 11.4 Å². The summed E-state index contributed by atoms with van der Waals surface area (Å²) in [5.74, 6) is -0.607. The Morgan fingerprint density at radius 1 is 1.41 bits per heavy atom. The third-order valence-corrected chi connectivity index (χ3v) is 3.31. The van der Waals surface area contributed by atoms with Crippen LogP contribution in [0.15, 0.2) is 36.9 Å². The Morgan fingerprint density at radius 3 is 2.68 bits per heavy atom. The lowest BCUT2D eigenvalue weighted by Crippen LogP contribution is -2.52. The van der Waals surface area contributed by atoms with E-state index in [4.69, 9.17) is 0 Å².